The van der Waals surface area contributed by atoms with Gasteiger partial charge in [0, 0.05) is 22.4 Å². The zero-order chi connectivity index (χ0) is 24.4. The third-order valence-corrected chi connectivity index (χ3v) is 6.54. The predicted octanol–water partition coefficient (Wildman–Crippen LogP) is 5.85. The number of fused-ring (bicyclic) bond motifs is 2. The molecule has 2 aromatic carbocycles. The number of hydrogen-bond acceptors (Lipinski definition) is 7. The van der Waals surface area contributed by atoms with E-state index in [2.05, 4.69) is 15.3 Å². The minimum Gasteiger partial charge on any atom is -0.467 e. The summed E-state index contributed by atoms with van der Waals surface area (Å²) >= 11 is 0.705. The number of halogens is 5. The molecule has 12 heteroatoms. The van der Waals surface area contributed by atoms with Gasteiger partial charge >= 0.3 is 12.2 Å². The minimum atomic E-state index is -4.99. The SMILES string of the molecule is COc1nc(NC2CC2)c2cc(C(F)(F)F)c(-c3ccc(F)c4sc(N)c(C#N)c34)c(F)c2n1. The van der Waals surface area contributed by atoms with E-state index in [0.717, 1.165) is 31.0 Å². The normalized spacial score (nSPS) is 13.9. The average Bonchev–Trinajstić information content (AvgIpc) is 3.53. The third kappa shape index (κ3) is 3.43. The molecule has 174 valence electrons. The number of nitrogens with one attached hydrogen (secondary N) is 1. The summed E-state index contributed by atoms with van der Waals surface area (Å²) in [6, 6.07) is 4.24. The van der Waals surface area contributed by atoms with Crippen LogP contribution in [0.4, 0.5) is 32.8 Å². The molecule has 0 bridgehead atoms. The quantitative estimate of drug-likeness (QED) is 0.348. The molecule has 0 radical (unpaired) electrons. The number of ether oxygens (including phenoxy) is 1. The molecule has 2 aromatic heterocycles. The van der Waals surface area contributed by atoms with E-state index in [-0.39, 0.29) is 49.5 Å². The van der Waals surface area contributed by atoms with Crippen molar-refractivity contribution in [1.29, 1.82) is 5.26 Å². The third-order valence-electron chi connectivity index (χ3n) is 5.52. The number of nitriles is 1. The van der Waals surface area contributed by atoms with Gasteiger partial charge in [0.25, 0.3) is 0 Å². The highest BCUT2D eigenvalue weighted by Crippen LogP contribution is 2.47. The highest BCUT2D eigenvalue weighted by molar-refractivity contribution is 7.23. The van der Waals surface area contributed by atoms with Gasteiger partial charge in [-0.05, 0) is 30.5 Å². The number of nitrogen functional groups attached to an aromatic ring is 1. The number of alkyl halides is 3. The van der Waals surface area contributed by atoms with Crippen LogP contribution in [0.3, 0.4) is 0 Å². The first-order valence-corrected chi connectivity index (χ1v) is 10.8. The van der Waals surface area contributed by atoms with Gasteiger partial charge in [0.15, 0.2) is 5.82 Å². The standard InChI is InChI=1S/C22H14F5N5OS/c1-33-21-31-17-10(20(32-21)30-8-2-3-8)6-12(22(25,26)27)15(16(17)24)9-4-5-13(23)18-14(9)11(7-28)19(29)34-18/h4-6,8H,2-3,29H2,1H3,(H,30,31,32). The fraction of sp³-hybridized carbons (Fsp3) is 0.227. The van der Waals surface area contributed by atoms with Crippen molar-refractivity contribution < 1.29 is 26.7 Å². The van der Waals surface area contributed by atoms with Crippen molar-refractivity contribution in [2.75, 3.05) is 18.2 Å². The molecule has 1 aliphatic rings. The number of aromatic nitrogens is 2. The van der Waals surface area contributed by atoms with Gasteiger partial charge in [-0.25, -0.2) is 8.78 Å². The summed E-state index contributed by atoms with van der Waals surface area (Å²) in [7, 11) is 1.25. The lowest BCUT2D eigenvalue weighted by atomic mass is 9.92. The fourth-order valence-corrected chi connectivity index (χ4v) is 4.77. The van der Waals surface area contributed by atoms with Gasteiger partial charge in [-0.15, -0.1) is 11.3 Å². The topological polar surface area (TPSA) is 96.9 Å². The molecule has 0 aliphatic heterocycles. The smallest absolute Gasteiger partial charge is 0.417 e. The molecule has 2 heterocycles. The Balaban J connectivity index is 1.93. The molecule has 1 fully saturated rings. The number of benzene rings is 2. The Morgan fingerprint density at radius 2 is 1.97 bits per heavy atom. The Hall–Kier alpha value is -3.72. The van der Waals surface area contributed by atoms with Crippen LogP contribution >= 0.6 is 11.3 Å². The highest BCUT2D eigenvalue weighted by Gasteiger charge is 2.38. The van der Waals surface area contributed by atoms with Crippen LogP contribution in [0.1, 0.15) is 24.0 Å². The molecule has 3 N–H and O–H groups in total. The molecular formula is C22H14F5N5OS. The summed E-state index contributed by atoms with van der Waals surface area (Å²) in [4.78, 5) is 8.03. The molecule has 0 saturated heterocycles. The molecule has 34 heavy (non-hydrogen) atoms. The summed E-state index contributed by atoms with van der Waals surface area (Å²) in [5, 5.41) is 12.1. The van der Waals surface area contributed by atoms with E-state index in [0.29, 0.717) is 11.3 Å². The molecule has 0 amide bonds. The Morgan fingerprint density at radius 3 is 2.59 bits per heavy atom. The van der Waals surface area contributed by atoms with Crippen LogP contribution in [0, 0.1) is 23.0 Å². The summed E-state index contributed by atoms with van der Waals surface area (Å²) in [6.45, 7) is 0. The number of hydrogen-bond donors (Lipinski definition) is 2. The Kier molecular flexibility index (Phi) is 4.98. The maximum Gasteiger partial charge on any atom is 0.417 e. The van der Waals surface area contributed by atoms with Gasteiger partial charge in [0.05, 0.1) is 22.9 Å². The minimum absolute atomic E-state index is 0.00331. The van der Waals surface area contributed by atoms with Gasteiger partial charge in [0.2, 0.25) is 0 Å². The van der Waals surface area contributed by atoms with E-state index >= 15 is 4.39 Å². The van der Waals surface area contributed by atoms with E-state index in [1.165, 1.54) is 7.11 Å². The number of thiophene rings is 1. The van der Waals surface area contributed by atoms with Crippen LogP contribution in [0.2, 0.25) is 0 Å². The first-order chi connectivity index (χ1) is 16.1. The maximum absolute atomic E-state index is 16.0. The zero-order valence-corrected chi connectivity index (χ0v) is 18.2. The monoisotopic (exact) mass is 491 g/mol. The second-order valence-electron chi connectivity index (χ2n) is 7.74. The van der Waals surface area contributed by atoms with E-state index in [9.17, 15) is 22.8 Å². The molecule has 6 nitrogen and oxygen atoms in total. The molecule has 1 saturated carbocycles. The van der Waals surface area contributed by atoms with E-state index in [1.54, 1.807) is 6.07 Å². The molecular weight excluding hydrogens is 477 g/mol. The predicted molar refractivity (Wildman–Crippen MR) is 118 cm³/mol. The van der Waals surface area contributed by atoms with Gasteiger partial charge in [-0.1, -0.05) is 6.07 Å². The Bertz CT molecular complexity index is 1520. The van der Waals surface area contributed by atoms with Crippen LogP contribution in [0.15, 0.2) is 18.2 Å². The lowest BCUT2D eigenvalue weighted by Crippen LogP contribution is -2.12. The number of rotatable bonds is 4. The van der Waals surface area contributed by atoms with Crippen molar-refractivity contribution in [2.24, 2.45) is 0 Å². The first kappa shape index (κ1) is 22.1. The molecule has 4 aromatic rings. The number of anilines is 2. The van der Waals surface area contributed by atoms with E-state index < -0.39 is 34.5 Å². The van der Waals surface area contributed by atoms with Crippen molar-refractivity contribution >= 4 is 43.1 Å². The lowest BCUT2D eigenvalue weighted by molar-refractivity contribution is -0.137. The molecule has 0 atom stereocenters. The number of methoxy groups -OCH3 is 1. The Labute approximate surface area is 192 Å². The van der Waals surface area contributed by atoms with Crippen molar-refractivity contribution in [3.63, 3.8) is 0 Å². The summed E-state index contributed by atoms with van der Waals surface area (Å²) in [5.41, 5.74) is 2.69. The van der Waals surface area contributed by atoms with E-state index in [1.807, 2.05) is 0 Å². The van der Waals surface area contributed by atoms with Gasteiger partial charge < -0.3 is 15.8 Å². The summed E-state index contributed by atoms with van der Waals surface area (Å²) < 4.78 is 78.1. The molecule has 1 aliphatic carbocycles. The van der Waals surface area contributed by atoms with Crippen molar-refractivity contribution in [3.05, 3.63) is 41.0 Å². The van der Waals surface area contributed by atoms with Gasteiger partial charge in [-0.2, -0.15) is 28.4 Å². The maximum atomic E-state index is 16.0. The second kappa shape index (κ2) is 7.66. The van der Waals surface area contributed by atoms with Crippen molar-refractivity contribution in [3.8, 4) is 23.2 Å². The molecule has 0 unspecified atom stereocenters. The zero-order valence-electron chi connectivity index (χ0n) is 17.3. The summed E-state index contributed by atoms with van der Waals surface area (Å²) in [6.07, 6.45) is -3.40. The number of nitrogens with two attached hydrogens (primary N) is 1. The van der Waals surface area contributed by atoms with Crippen LogP contribution < -0.4 is 15.8 Å². The van der Waals surface area contributed by atoms with Crippen LogP contribution in [0.5, 0.6) is 6.01 Å². The lowest BCUT2D eigenvalue weighted by Gasteiger charge is -2.18. The van der Waals surface area contributed by atoms with Crippen molar-refractivity contribution in [2.45, 2.75) is 25.1 Å². The summed E-state index contributed by atoms with van der Waals surface area (Å²) in [5.74, 6) is -2.07. The largest absolute Gasteiger partial charge is 0.467 e. The second-order valence-corrected chi connectivity index (χ2v) is 8.79. The van der Waals surface area contributed by atoms with Crippen LogP contribution in [0.25, 0.3) is 32.1 Å². The molecule has 0 spiro atoms. The van der Waals surface area contributed by atoms with Gasteiger partial charge in [-0.3, -0.25) is 0 Å². The Morgan fingerprint density at radius 1 is 1.24 bits per heavy atom. The number of nitrogens with zero attached hydrogens (tertiary/aromatic N) is 3. The highest BCUT2D eigenvalue weighted by atomic mass is 32.1. The van der Waals surface area contributed by atoms with Crippen molar-refractivity contribution in [1.82, 2.24) is 9.97 Å². The van der Waals surface area contributed by atoms with Crippen LogP contribution in [-0.4, -0.2) is 23.1 Å². The molecule has 5 rings (SSSR count). The van der Waals surface area contributed by atoms with Gasteiger partial charge in [0.1, 0.15) is 28.2 Å². The fourth-order valence-electron chi connectivity index (χ4n) is 3.82. The van der Waals surface area contributed by atoms with Crippen LogP contribution in [-0.2, 0) is 6.18 Å². The van der Waals surface area contributed by atoms with E-state index in [4.69, 9.17) is 10.5 Å². The first-order valence-electron chi connectivity index (χ1n) is 9.97. The average molecular weight is 491 g/mol.